The van der Waals surface area contributed by atoms with Crippen molar-refractivity contribution in [2.45, 2.75) is 32.9 Å². The molecule has 0 atom stereocenters. The molecule has 6 heteroatoms. The van der Waals surface area contributed by atoms with Gasteiger partial charge in [-0.2, -0.15) is 0 Å². The van der Waals surface area contributed by atoms with Crippen LogP contribution < -0.4 is 10.1 Å². The third-order valence-electron chi connectivity index (χ3n) is 2.69. The third-order valence-corrected chi connectivity index (χ3v) is 2.69. The maximum atomic E-state index is 11.6. The van der Waals surface area contributed by atoms with Gasteiger partial charge in [-0.15, -0.1) is 0 Å². The van der Waals surface area contributed by atoms with Crippen LogP contribution in [0.3, 0.4) is 0 Å². The Bertz CT molecular complexity index is 453. The van der Waals surface area contributed by atoms with E-state index in [1.165, 1.54) is 0 Å². The van der Waals surface area contributed by atoms with Gasteiger partial charge in [0.05, 0.1) is 19.8 Å². The van der Waals surface area contributed by atoms with E-state index in [0.717, 1.165) is 11.3 Å². The highest BCUT2D eigenvalue weighted by molar-refractivity contribution is 5.67. The molecular formula is C17H27NO5. The Morgan fingerprint density at radius 3 is 2.30 bits per heavy atom. The van der Waals surface area contributed by atoms with Crippen molar-refractivity contribution in [2.24, 2.45) is 0 Å². The zero-order valence-electron chi connectivity index (χ0n) is 14.4. The summed E-state index contributed by atoms with van der Waals surface area (Å²) >= 11 is 0. The third kappa shape index (κ3) is 9.76. The van der Waals surface area contributed by atoms with Gasteiger partial charge in [0.25, 0.3) is 0 Å². The van der Waals surface area contributed by atoms with Gasteiger partial charge in [0, 0.05) is 13.7 Å². The van der Waals surface area contributed by atoms with Gasteiger partial charge in [0.15, 0.2) is 0 Å². The summed E-state index contributed by atoms with van der Waals surface area (Å²) in [5, 5.41) is 2.71. The van der Waals surface area contributed by atoms with Gasteiger partial charge in [-0.25, -0.2) is 4.79 Å². The first-order valence-electron chi connectivity index (χ1n) is 7.66. The molecule has 130 valence electrons. The van der Waals surface area contributed by atoms with Gasteiger partial charge in [-0.05, 0) is 38.5 Å². The standard InChI is InChI=1S/C17H27NO5/c1-17(2,3)23-16(19)18-13-14-5-7-15(8-6-14)22-12-11-21-10-9-20-4/h5-8H,9-13H2,1-4H3,(H,18,19). The van der Waals surface area contributed by atoms with Crippen LogP contribution in [0.2, 0.25) is 0 Å². The summed E-state index contributed by atoms with van der Waals surface area (Å²) in [6, 6.07) is 7.53. The zero-order chi connectivity index (χ0) is 17.1. The molecular weight excluding hydrogens is 298 g/mol. The number of methoxy groups -OCH3 is 1. The zero-order valence-corrected chi connectivity index (χ0v) is 14.4. The van der Waals surface area contributed by atoms with Crippen LogP contribution in [-0.4, -0.2) is 45.2 Å². The SMILES string of the molecule is COCCOCCOc1ccc(CNC(=O)OC(C)(C)C)cc1. The lowest BCUT2D eigenvalue weighted by atomic mass is 10.2. The fourth-order valence-corrected chi connectivity index (χ4v) is 1.65. The second-order valence-electron chi connectivity index (χ2n) is 5.95. The van der Waals surface area contributed by atoms with E-state index in [-0.39, 0.29) is 0 Å². The van der Waals surface area contributed by atoms with Crippen LogP contribution >= 0.6 is 0 Å². The minimum atomic E-state index is -0.493. The first-order valence-corrected chi connectivity index (χ1v) is 7.66. The van der Waals surface area contributed by atoms with Gasteiger partial charge in [-0.1, -0.05) is 12.1 Å². The molecule has 0 bridgehead atoms. The van der Waals surface area contributed by atoms with E-state index in [4.69, 9.17) is 18.9 Å². The summed E-state index contributed by atoms with van der Waals surface area (Å²) in [6.07, 6.45) is -0.425. The number of hydrogen-bond donors (Lipinski definition) is 1. The number of carbonyl (C=O) groups is 1. The molecule has 0 unspecified atom stereocenters. The first kappa shape index (κ1) is 19.3. The van der Waals surface area contributed by atoms with Crippen LogP contribution in [0, 0.1) is 0 Å². The largest absolute Gasteiger partial charge is 0.491 e. The second-order valence-corrected chi connectivity index (χ2v) is 5.95. The molecule has 23 heavy (non-hydrogen) atoms. The molecule has 1 amide bonds. The Kier molecular flexibility index (Phi) is 8.43. The van der Waals surface area contributed by atoms with E-state index in [2.05, 4.69) is 5.32 Å². The molecule has 0 aliphatic rings. The fourth-order valence-electron chi connectivity index (χ4n) is 1.65. The molecule has 0 aliphatic carbocycles. The van der Waals surface area contributed by atoms with Crippen molar-refractivity contribution < 1.29 is 23.7 Å². The van der Waals surface area contributed by atoms with E-state index in [0.29, 0.717) is 33.0 Å². The van der Waals surface area contributed by atoms with Crippen LogP contribution in [0.5, 0.6) is 5.75 Å². The lowest BCUT2D eigenvalue weighted by molar-refractivity contribution is 0.0523. The van der Waals surface area contributed by atoms with E-state index in [9.17, 15) is 4.79 Å². The molecule has 1 aromatic carbocycles. The Morgan fingerprint density at radius 1 is 1.04 bits per heavy atom. The number of nitrogens with one attached hydrogen (secondary N) is 1. The number of carbonyl (C=O) groups excluding carboxylic acids is 1. The van der Waals surface area contributed by atoms with Crippen molar-refractivity contribution in [3.8, 4) is 5.75 Å². The van der Waals surface area contributed by atoms with Crippen LogP contribution in [0.25, 0.3) is 0 Å². The van der Waals surface area contributed by atoms with Crippen molar-refractivity contribution in [3.63, 3.8) is 0 Å². The molecule has 0 aromatic heterocycles. The Morgan fingerprint density at radius 2 is 1.70 bits per heavy atom. The molecule has 1 N–H and O–H groups in total. The average molecular weight is 325 g/mol. The maximum absolute atomic E-state index is 11.6. The summed E-state index contributed by atoms with van der Waals surface area (Å²) in [5.41, 5.74) is 0.479. The molecule has 0 fully saturated rings. The van der Waals surface area contributed by atoms with Crippen LogP contribution in [-0.2, 0) is 20.8 Å². The van der Waals surface area contributed by atoms with Crippen molar-refractivity contribution in [2.75, 3.05) is 33.5 Å². The van der Waals surface area contributed by atoms with Crippen molar-refractivity contribution in [1.82, 2.24) is 5.32 Å². The first-order chi connectivity index (χ1) is 10.9. The van der Waals surface area contributed by atoms with Gasteiger partial charge in [-0.3, -0.25) is 0 Å². The number of hydrogen-bond acceptors (Lipinski definition) is 5. The van der Waals surface area contributed by atoms with E-state index in [1.54, 1.807) is 7.11 Å². The van der Waals surface area contributed by atoms with Gasteiger partial charge >= 0.3 is 6.09 Å². The van der Waals surface area contributed by atoms with Gasteiger partial charge in [0.2, 0.25) is 0 Å². The number of rotatable bonds is 9. The molecule has 1 rings (SSSR count). The van der Waals surface area contributed by atoms with Gasteiger partial charge in [0.1, 0.15) is 18.0 Å². The predicted octanol–water partition coefficient (Wildman–Crippen LogP) is 2.75. The highest BCUT2D eigenvalue weighted by atomic mass is 16.6. The summed E-state index contributed by atoms with van der Waals surface area (Å²) in [5.74, 6) is 0.765. The topological polar surface area (TPSA) is 66.0 Å². The molecule has 6 nitrogen and oxygen atoms in total. The van der Waals surface area contributed by atoms with E-state index in [1.807, 2.05) is 45.0 Å². The maximum Gasteiger partial charge on any atom is 0.407 e. The normalized spacial score (nSPS) is 11.1. The molecule has 0 radical (unpaired) electrons. The summed E-state index contributed by atoms with van der Waals surface area (Å²) < 4.78 is 20.9. The number of alkyl carbamates (subject to hydrolysis) is 1. The highest BCUT2D eigenvalue weighted by Gasteiger charge is 2.15. The second kappa shape index (κ2) is 10.1. The van der Waals surface area contributed by atoms with Crippen molar-refractivity contribution >= 4 is 6.09 Å². The Labute approximate surface area is 138 Å². The monoisotopic (exact) mass is 325 g/mol. The van der Waals surface area contributed by atoms with Crippen LogP contribution in [0.15, 0.2) is 24.3 Å². The number of amides is 1. The van der Waals surface area contributed by atoms with Crippen LogP contribution in [0.4, 0.5) is 4.79 Å². The van der Waals surface area contributed by atoms with E-state index >= 15 is 0 Å². The van der Waals surface area contributed by atoms with E-state index < -0.39 is 11.7 Å². The molecule has 0 spiro atoms. The fraction of sp³-hybridized carbons (Fsp3) is 0.588. The smallest absolute Gasteiger partial charge is 0.407 e. The number of benzene rings is 1. The molecule has 1 aromatic rings. The van der Waals surface area contributed by atoms with Crippen molar-refractivity contribution in [1.29, 1.82) is 0 Å². The molecule has 0 saturated carbocycles. The van der Waals surface area contributed by atoms with Gasteiger partial charge < -0.3 is 24.3 Å². The predicted molar refractivity (Wildman–Crippen MR) is 87.7 cm³/mol. The molecule has 0 heterocycles. The van der Waals surface area contributed by atoms with Crippen molar-refractivity contribution in [3.05, 3.63) is 29.8 Å². The minimum absolute atomic E-state index is 0.412. The lowest BCUT2D eigenvalue weighted by Crippen LogP contribution is -2.32. The lowest BCUT2D eigenvalue weighted by Gasteiger charge is -2.19. The minimum Gasteiger partial charge on any atom is -0.491 e. The van der Waals surface area contributed by atoms with Crippen LogP contribution in [0.1, 0.15) is 26.3 Å². The molecule has 0 aliphatic heterocycles. The number of ether oxygens (including phenoxy) is 4. The Hall–Kier alpha value is -1.79. The quantitative estimate of drug-likeness (QED) is 0.707. The molecule has 0 saturated heterocycles. The highest BCUT2D eigenvalue weighted by Crippen LogP contribution is 2.12. The average Bonchev–Trinajstić information content (AvgIpc) is 2.48. The summed E-state index contributed by atoms with van der Waals surface area (Å²) in [7, 11) is 1.64. The Balaban J connectivity index is 2.24. The summed E-state index contributed by atoms with van der Waals surface area (Å²) in [4.78, 5) is 11.6. The summed E-state index contributed by atoms with van der Waals surface area (Å²) in [6.45, 7) is 8.06.